The lowest BCUT2D eigenvalue weighted by atomic mass is 10.1. The molecule has 0 spiro atoms. The third-order valence-corrected chi connectivity index (χ3v) is 6.85. The van der Waals surface area contributed by atoms with Gasteiger partial charge < -0.3 is 14.4 Å². The van der Waals surface area contributed by atoms with E-state index in [9.17, 15) is 4.79 Å². The van der Waals surface area contributed by atoms with Gasteiger partial charge in [-0.3, -0.25) is 9.69 Å². The van der Waals surface area contributed by atoms with Crippen molar-refractivity contribution in [2.75, 3.05) is 44.4 Å². The van der Waals surface area contributed by atoms with Crippen molar-refractivity contribution in [3.8, 4) is 0 Å². The first kappa shape index (κ1) is 21.2. The number of nitrogens with zero attached hydrogens (tertiary/aromatic N) is 3. The molecule has 2 aromatic carbocycles. The summed E-state index contributed by atoms with van der Waals surface area (Å²) in [4.78, 5) is 22.9. The van der Waals surface area contributed by atoms with Gasteiger partial charge in [-0.2, -0.15) is 0 Å². The number of rotatable bonds is 5. The van der Waals surface area contributed by atoms with Crippen LogP contribution in [0.3, 0.4) is 0 Å². The standard InChI is InChI=1S/C25H27N3O3S/c29-24-23(17-19-8-10-21(11-9-19)27-12-15-30-16-13-27)32-25(26-20-5-2-1-3-6-20)28(24)18-22-7-4-14-31-22/h1-3,5-6,8-11,17,22H,4,7,12-16,18H2/b23-17+,26-25?/t22-/m1/s1. The Bertz CT molecular complexity index is 995. The highest BCUT2D eigenvalue weighted by atomic mass is 32.2. The lowest BCUT2D eigenvalue weighted by molar-refractivity contribution is -0.123. The molecular weight excluding hydrogens is 422 g/mol. The van der Waals surface area contributed by atoms with Crippen molar-refractivity contribution in [1.29, 1.82) is 0 Å². The lowest BCUT2D eigenvalue weighted by Crippen LogP contribution is -2.36. The molecule has 0 aliphatic carbocycles. The number of amides is 1. The van der Waals surface area contributed by atoms with E-state index in [0.29, 0.717) is 16.6 Å². The fraction of sp³-hybridized carbons (Fsp3) is 0.360. The summed E-state index contributed by atoms with van der Waals surface area (Å²) in [5, 5.41) is 0.716. The van der Waals surface area contributed by atoms with E-state index in [1.54, 1.807) is 4.90 Å². The maximum Gasteiger partial charge on any atom is 0.266 e. The Morgan fingerprint density at radius 3 is 2.53 bits per heavy atom. The summed E-state index contributed by atoms with van der Waals surface area (Å²) < 4.78 is 11.2. The zero-order valence-electron chi connectivity index (χ0n) is 18.0. The van der Waals surface area contributed by atoms with Crippen molar-refractivity contribution in [2.24, 2.45) is 4.99 Å². The number of anilines is 1. The van der Waals surface area contributed by atoms with Crippen molar-refractivity contribution in [3.63, 3.8) is 0 Å². The van der Waals surface area contributed by atoms with Crippen LogP contribution in [0.25, 0.3) is 6.08 Å². The molecule has 3 saturated heterocycles. The van der Waals surface area contributed by atoms with Crippen LogP contribution < -0.4 is 4.90 Å². The van der Waals surface area contributed by atoms with Gasteiger partial charge in [0.15, 0.2) is 5.17 Å². The first-order chi connectivity index (χ1) is 15.8. The topological polar surface area (TPSA) is 54.4 Å². The second-order valence-corrected chi connectivity index (χ2v) is 9.09. The van der Waals surface area contributed by atoms with Gasteiger partial charge in [-0.1, -0.05) is 30.3 Å². The molecule has 0 unspecified atom stereocenters. The maximum atomic E-state index is 13.3. The third-order valence-electron chi connectivity index (χ3n) is 5.85. The number of amidine groups is 1. The highest BCUT2D eigenvalue weighted by molar-refractivity contribution is 8.18. The molecule has 166 valence electrons. The van der Waals surface area contributed by atoms with Crippen LogP contribution in [-0.2, 0) is 14.3 Å². The molecule has 0 bridgehead atoms. The average molecular weight is 450 g/mol. The smallest absolute Gasteiger partial charge is 0.266 e. The number of ether oxygens (including phenoxy) is 2. The molecule has 0 saturated carbocycles. The summed E-state index contributed by atoms with van der Waals surface area (Å²) in [6.45, 7) is 4.66. The zero-order valence-corrected chi connectivity index (χ0v) is 18.8. The maximum absolute atomic E-state index is 13.3. The minimum Gasteiger partial charge on any atom is -0.378 e. The quantitative estimate of drug-likeness (QED) is 0.637. The average Bonchev–Trinajstić information content (AvgIpc) is 3.45. The third kappa shape index (κ3) is 4.90. The minimum atomic E-state index is -0.00237. The van der Waals surface area contributed by atoms with Crippen LogP contribution in [0.15, 0.2) is 64.5 Å². The van der Waals surface area contributed by atoms with Gasteiger partial charge in [-0.15, -0.1) is 0 Å². The van der Waals surface area contributed by atoms with Crippen LogP contribution in [0.1, 0.15) is 18.4 Å². The van der Waals surface area contributed by atoms with Crippen molar-refractivity contribution < 1.29 is 14.3 Å². The Morgan fingerprint density at radius 1 is 1.03 bits per heavy atom. The van der Waals surface area contributed by atoms with Gasteiger partial charge in [0, 0.05) is 25.4 Å². The molecule has 32 heavy (non-hydrogen) atoms. The van der Waals surface area contributed by atoms with E-state index in [-0.39, 0.29) is 12.0 Å². The van der Waals surface area contributed by atoms with Gasteiger partial charge >= 0.3 is 0 Å². The Hall–Kier alpha value is -2.61. The Kier molecular flexibility index (Phi) is 6.57. The first-order valence-electron chi connectivity index (χ1n) is 11.2. The minimum absolute atomic E-state index is 0.00237. The molecule has 6 nitrogen and oxygen atoms in total. The molecule has 3 heterocycles. The molecule has 0 radical (unpaired) electrons. The molecule has 7 heteroatoms. The van der Waals surface area contributed by atoms with E-state index >= 15 is 0 Å². The predicted octanol–water partition coefficient (Wildman–Crippen LogP) is 4.31. The van der Waals surface area contributed by atoms with Crippen molar-refractivity contribution in [3.05, 3.63) is 65.1 Å². The van der Waals surface area contributed by atoms with Crippen LogP contribution in [-0.4, -0.2) is 61.5 Å². The van der Waals surface area contributed by atoms with Gasteiger partial charge in [0.05, 0.1) is 36.5 Å². The number of morpholine rings is 1. The van der Waals surface area contributed by atoms with Crippen molar-refractivity contribution >= 4 is 40.3 Å². The van der Waals surface area contributed by atoms with E-state index in [1.165, 1.54) is 17.4 Å². The summed E-state index contributed by atoms with van der Waals surface area (Å²) in [5.41, 5.74) is 3.04. The fourth-order valence-corrected chi connectivity index (χ4v) is 5.12. The molecule has 1 amide bonds. The van der Waals surface area contributed by atoms with Crippen LogP contribution in [0, 0.1) is 0 Å². The van der Waals surface area contributed by atoms with E-state index in [4.69, 9.17) is 14.5 Å². The van der Waals surface area contributed by atoms with Crippen molar-refractivity contribution in [2.45, 2.75) is 18.9 Å². The van der Waals surface area contributed by atoms with Gasteiger partial charge in [-0.05, 0) is 60.5 Å². The number of thioether (sulfide) groups is 1. The number of carbonyl (C=O) groups excluding carboxylic acids is 1. The van der Waals surface area contributed by atoms with E-state index in [0.717, 1.165) is 57.0 Å². The molecule has 1 atom stereocenters. The second kappa shape index (κ2) is 9.90. The van der Waals surface area contributed by atoms with Gasteiger partial charge in [0.25, 0.3) is 5.91 Å². The summed E-state index contributed by atoms with van der Waals surface area (Å²) in [5.74, 6) is -0.00237. The van der Waals surface area contributed by atoms with Crippen LogP contribution >= 0.6 is 11.8 Å². The van der Waals surface area contributed by atoms with Gasteiger partial charge in [0.1, 0.15) is 0 Å². The van der Waals surface area contributed by atoms with Crippen LogP contribution in [0.5, 0.6) is 0 Å². The number of carbonyl (C=O) groups is 1. The molecular formula is C25H27N3O3S. The number of aliphatic imine (C=N–C) groups is 1. The Balaban J connectivity index is 1.37. The monoisotopic (exact) mass is 449 g/mol. The molecule has 2 aromatic rings. The number of hydrogen-bond donors (Lipinski definition) is 0. The Morgan fingerprint density at radius 2 is 1.81 bits per heavy atom. The number of para-hydroxylation sites is 1. The van der Waals surface area contributed by atoms with Gasteiger partial charge in [0.2, 0.25) is 0 Å². The lowest BCUT2D eigenvalue weighted by Gasteiger charge is -2.28. The zero-order chi connectivity index (χ0) is 21.8. The SMILES string of the molecule is O=C1/C(=C\c2ccc(N3CCOCC3)cc2)SC(=Nc2ccccc2)N1C[C@H]1CCCO1. The molecule has 0 N–H and O–H groups in total. The summed E-state index contributed by atoms with van der Waals surface area (Å²) in [6, 6.07) is 18.2. The molecule has 3 fully saturated rings. The molecule has 3 aliphatic heterocycles. The largest absolute Gasteiger partial charge is 0.378 e. The van der Waals surface area contributed by atoms with E-state index in [1.807, 2.05) is 36.4 Å². The van der Waals surface area contributed by atoms with Crippen LogP contribution in [0.2, 0.25) is 0 Å². The fourth-order valence-electron chi connectivity index (χ4n) is 4.11. The van der Waals surface area contributed by atoms with E-state index in [2.05, 4.69) is 29.2 Å². The molecule has 5 rings (SSSR count). The normalized spacial score (nSPS) is 24.1. The van der Waals surface area contributed by atoms with Crippen LogP contribution in [0.4, 0.5) is 11.4 Å². The van der Waals surface area contributed by atoms with Crippen molar-refractivity contribution in [1.82, 2.24) is 4.90 Å². The Labute approximate surface area is 192 Å². The van der Waals surface area contributed by atoms with Gasteiger partial charge in [-0.25, -0.2) is 4.99 Å². The predicted molar refractivity (Wildman–Crippen MR) is 129 cm³/mol. The highest BCUT2D eigenvalue weighted by Gasteiger charge is 2.35. The summed E-state index contributed by atoms with van der Waals surface area (Å²) in [6.07, 6.45) is 4.07. The first-order valence-corrected chi connectivity index (χ1v) is 12.0. The number of benzene rings is 2. The molecule has 0 aromatic heterocycles. The second-order valence-electron chi connectivity index (χ2n) is 8.08. The summed E-state index contributed by atoms with van der Waals surface area (Å²) >= 11 is 1.44. The summed E-state index contributed by atoms with van der Waals surface area (Å²) in [7, 11) is 0. The highest BCUT2D eigenvalue weighted by Crippen LogP contribution is 2.35. The van der Waals surface area contributed by atoms with E-state index < -0.39 is 0 Å². The number of hydrogen-bond acceptors (Lipinski definition) is 6. The molecule has 3 aliphatic rings.